The van der Waals surface area contributed by atoms with E-state index in [9.17, 15) is 14.7 Å². The van der Waals surface area contributed by atoms with Crippen molar-refractivity contribution in [3.8, 4) is 5.75 Å². The second-order valence-electron chi connectivity index (χ2n) is 6.15. The van der Waals surface area contributed by atoms with Crippen molar-refractivity contribution < 1.29 is 14.7 Å². The Kier molecular flexibility index (Phi) is 2.05. The van der Waals surface area contributed by atoms with Gasteiger partial charge in [0, 0.05) is 0 Å². The molecule has 3 aliphatic rings. The molecule has 2 bridgehead atoms. The Morgan fingerprint density at radius 2 is 1.90 bits per heavy atom. The first-order chi connectivity index (χ1) is 9.53. The van der Waals surface area contributed by atoms with E-state index in [1.165, 1.54) is 17.0 Å². The lowest BCUT2D eigenvalue weighted by Crippen LogP contribution is -2.37. The number of hydrogen-bond donors (Lipinski definition) is 1. The maximum atomic E-state index is 12.8. The number of phenols is 1. The van der Waals surface area contributed by atoms with Gasteiger partial charge in [0.1, 0.15) is 5.75 Å². The van der Waals surface area contributed by atoms with Crippen LogP contribution in [0, 0.1) is 23.2 Å². The van der Waals surface area contributed by atoms with Crippen LogP contribution in [0.5, 0.6) is 5.75 Å². The lowest BCUT2D eigenvalue weighted by molar-refractivity contribution is -0.127. The van der Waals surface area contributed by atoms with Crippen molar-refractivity contribution in [2.45, 2.75) is 13.3 Å². The number of allylic oxidation sites excluding steroid dienone is 2. The first-order valence-electron chi connectivity index (χ1n) is 6.89. The first-order valence-corrected chi connectivity index (χ1v) is 6.89. The highest BCUT2D eigenvalue weighted by atomic mass is 16.3. The fraction of sp³-hybridized carbons (Fsp3) is 0.375. The smallest absolute Gasteiger partial charge is 0.241 e. The third-order valence-electron chi connectivity index (χ3n) is 5.22. The normalized spacial score (nSPS) is 37.9. The minimum Gasteiger partial charge on any atom is -0.508 e. The van der Waals surface area contributed by atoms with Crippen LogP contribution >= 0.6 is 0 Å². The molecule has 4 heteroatoms. The molecule has 1 N–H and O–H groups in total. The van der Waals surface area contributed by atoms with E-state index in [2.05, 4.69) is 12.2 Å². The van der Waals surface area contributed by atoms with Crippen LogP contribution in [-0.2, 0) is 9.59 Å². The molecular formula is C16H15NO3. The maximum absolute atomic E-state index is 12.8. The fourth-order valence-electron chi connectivity index (χ4n) is 4.15. The Labute approximate surface area is 116 Å². The molecule has 2 aliphatic carbocycles. The number of nitrogens with zero attached hydrogens (tertiary/aromatic N) is 1. The van der Waals surface area contributed by atoms with Crippen molar-refractivity contribution in [2.24, 2.45) is 23.2 Å². The topological polar surface area (TPSA) is 57.6 Å². The van der Waals surface area contributed by atoms with E-state index in [-0.39, 0.29) is 35.3 Å². The summed E-state index contributed by atoms with van der Waals surface area (Å²) in [5.74, 6) is 0.0782. The highest BCUT2D eigenvalue weighted by Crippen LogP contribution is 2.60. The van der Waals surface area contributed by atoms with E-state index in [0.29, 0.717) is 5.69 Å². The van der Waals surface area contributed by atoms with Crippen LogP contribution in [0.3, 0.4) is 0 Å². The lowest BCUT2D eigenvalue weighted by Gasteiger charge is -2.28. The van der Waals surface area contributed by atoms with Crippen LogP contribution in [0.25, 0.3) is 0 Å². The molecule has 2 fully saturated rings. The Balaban J connectivity index is 1.80. The zero-order chi connectivity index (χ0) is 14.1. The average Bonchev–Trinajstić information content (AvgIpc) is 3.05. The molecule has 4 rings (SSSR count). The maximum Gasteiger partial charge on any atom is 0.241 e. The largest absolute Gasteiger partial charge is 0.508 e. The van der Waals surface area contributed by atoms with Crippen LogP contribution in [0.1, 0.15) is 13.3 Å². The van der Waals surface area contributed by atoms with E-state index >= 15 is 0 Å². The molecule has 1 heterocycles. The van der Waals surface area contributed by atoms with E-state index < -0.39 is 5.41 Å². The zero-order valence-electron chi connectivity index (χ0n) is 11.1. The van der Waals surface area contributed by atoms with Gasteiger partial charge >= 0.3 is 0 Å². The average molecular weight is 269 g/mol. The summed E-state index contributed by atoms with van der Waals surface area (Å²) in [5.41, 5.74) is -0.0400. The van der Waals surface area contributed by atoms with Gasteiger partial charge in [-0.3, -0.25) is 9.59 Å². The molecule has 4 atom stereocenters. The number of aromatic hydroxyl groups is 1. The highest BCUT2D eigenvalue weighted by Gasteiger charge is 2.67. The van der Waals surface area contributed by atoms with Crippen molar-refractivity contribution in [3.63, 3.8) is 0 Å². The first kappa shape index (κ1) is 11.7. The number of carbonyl (C=O) groups excluding carboxylic acids is 2. The molecule has 1 aromatic rings. The van der Waals surface area contributed by atoms with Crippen LogP contribution in [-0.4, -0.2) is 16.9 Å². The minimum atomic E-state index is -0.589. The van der Waals surface area contributed by atoms with E-state index in [1.54, 1.807) is 12.1 Å². The molecular weight excluding hydrogens is 254 g/mol. The number of benzene rings is 1. The van der Waals surface area contributed by atoms with Gasteiger partial charge in [-0.1, -0.05) is 12.2 Å². The van der Waals surface area contributed by atoms with Crippen molar-refractivity contribution in [2.75, 3.05) is 4.90 Å². The summed E-state index contributed by atoms with van der Waals surface area (Å²) in [6, 6.07) is 6.23. The predicted octanol–water partition coefficient (Wildman–Crippen LogP) is 2.09. The molecule has 1 saturated carbocycles. The summed E-state index contributed by atoms with van der Waals surface area (Å²) < 4.78 is 0. The Morgan fingerprint density at radius 3 is 2.55 bits per heavy atom. The Morgan fingerprint density at radius 1 is 1.20 bits per heavy atom. The third kappa shape index (κ3) is 1.17. The van der Waals surface area contributed by atoms with Gasteiger partial charge in [0.25, 0.3) is 0 Å². The molecule has 0 spiro atoms. The Hall–Kier alpha value is -2.10. The minimum absolute atomic E-state index is 0.0972. The van der Waals surface area contributed by atoms with Gasteiger partial charge in [-0.2, -0.15) is 0 Å². The standard InChI is InChI=1S/C16H15NO3/c1-16-10-3-2-9(8-10)13(16)14(19)17(15(16)20)11-4-6-12(18)7-5-11/h2-7,9-10,13,18H,8H2,1H3/t9-,10-,13+,16+/m0/s1. The molecule has 102 valence electrons. The number of fused-ring (bicyclic) bond motifs is 5. The summed E-state index contributed by atoms with van der Waals surface area (Å²) in [4.78, 5) is 26.8. The monoisotopic (exact) mass is 269 g/mol. The van der Waals surface area contributed by atoms with E-state index in [0.717, 1.165) is 6.42 Å². The van der Waals surface area contributed by atoms with Gasteiger partial charge < -0.3 is 5.11 Å². The molecule has 1 aromatic carbocycles. The number of phenolic OH excluding ortho intramolecular Hbond substituents is 1. The zero-order valence-corrected chi connectivity index (χ0v) is 11.1. The van der Waals surface area contributed by atoms with Crippen molar-refractivity contribution in [3.05, 3.63) is 36.4 Å². The molecule has 1 aliphatic heterocycles. The quantitative estimate of drug-likeness (QED) is 0.627. The van der Waals surface area contributed by atoms with Gasteiger partial charge in [-0.05, 0) is 49.4 Å². The number of rotatable bonds is 1. The molecule has 4 nitrogen and oxygen atoms in total. The number of anilines is 1. The van der Waals surface area contributed by atoms with Gasteiger partial charge in [0.15, 0.2) is 0 Å². The fourth-order valence-corrected chi connectivity index (χ4v) is 4.15. The SMILES string of the molecule is C[C@]12C(=O)N(c3ccc(O)cc3)C(=O)[C@H]1[C@H]1C=C[C@H]2C1. The number of imide groups is 1. The van der Waals surface area contributed by atoms with Crippen LogP contribution in [0.4, 0.5) is 5.69 Å². The number of amides is 2. The number of hydrogen-bond acceptors (Lipinski definition) is 3. The summed E-state index contributed by atoms with van der Waals surface area (Å²) in [6.07, 6.45) is 5.09. The van der Waals surface area contributed by atoms with Gasteiger partial charge in [-0.15, -0.1) is 0 Å². The second-order valence-corrected chi connectivity index (χ2v) is 6.15. The Bertz CT molecular complexity index is 648. The van der Waals surface area contributed by atoms with Crippen molar-refractivity contribution in [1.29, 1.82) is 0 Å². The highest BCUT2D eigenvalue weighted by molar-refractivity contribution is 6.24. The molecule has 0 unspecified atom stereocenters. The van der Waals surface area contributed by atoms with Crippen molar-refractivity contribution >= 4 is 17.5 Å². The van der Waals surface area contributed by atoms with Crippen molar-refractivity contribution in [1.82, 2.24) is 0 Å². The van der Waals surface area contributed by atoms with E-state index in [4.69, 9.17) is 0 Å². The van der Waals surface area contributed by atoms with Crippen LogP contribution in [0.15, 0.2) is 36.4 Å². The summed E-state index contributed by atoms with van der Waals surface area (Å²) in [6.45, 7) is 1.92. The molecule has 1 saturated heterocycles. The molecule has 2 amide bonds. The summed E-state index contributed by atoms with van der Waals surface area (Å²) in [5, 5.41) is 9.34. The summed E-state index contributed by atoms with van der Waals surface area (Å²) in [7, 11) is 0. The molecule has 0 aromatic heterocycles. The van der Waals surface area contributed by atoms with Gasteiger partial charge in [-0.25, -0.2) is 4.90 Å². The predicted molar refractivity (Wildman–Crippen MR) is 72.9 cm³/mol. The second kappa shape index (κ2) is 3.51. The lowest BCUT2D eigenvalue weighted by atomic mass is 9.71. The molecule has 0 radical (unpaired) electrons. The van der Waals surface area contributed by atoms with Crippen LogP contribution in [0.2, 0.25) is 0 Å². The van der Waals surface area contributed by atoms with E-state index in [1.807, 2.05) is 6.92 Å². The number of carbonyl (C=O) groups is 2. The van der Waals surface area contributed by atoms with Crippen LogP contribution < -0.4 is 4.90 Å². The molecule has 20 heavy (non-hydrogen) atoms. The van der Waals surface area contributed by atoms with Gasteiger partial charge in [0.05, 0.1) is 17.0 Å². The third-order valence-corrected chi connectivity index (χ3v) is 5.22. The summed E-state index contributed by atoms with van der Waals surface area (Å²) >= 11 is 0. The van der Waals surface area contributed by atoms with Gasteiger partial charge in [0.2, 0.25) is 11.8 Å².